The van der Waals surface area contributed by atoms with Crippen LogP contribution < -0.4 is 0 Å². The Bertz CT molecular complexity index is 2430. The molecule has 8 rings (SSSR count). The molecular weight excluding hydrogens is 605 g/mol. The molecule has 0 amide bonds. The van der Waals surface area contributed by atoms with Gasteiger partial charge in [0, 0.05) is 23.3 Å². The Kier molecular flexibility index (Phi) is 9.44. The molecule has 0 spiro atoms. The predicted molar refractivity (Wildman–Crippen MR) is 216 cm³/mol. The first-order valence-corrected chi connectivity index (χ1v) is 17.4. The topological polar surface area (TPSA) is 24.7 Å². The number of nitrogens with zero attached hydrogens (tertiary/aromatic N) is 2. The van der Waals surface area contributed by atoms with Gasteiger partial charge in [0.15, 0.2) is 0 Å². The predicted octanol–water partition coefficient (Wildman–Crippen LogP) is 13.2. The number of allylic oxidation sites excluding steroid dienone is 1. The van der Waals surface area contributed by atoms with E-state index in [4.69, 9.17) is 9.98 Å². The van der Waals surface area contributed by atoms with E-state index in [0.717, 1.165) is 67.3 Å². The summed E-state index contributed by atoms with van der Waals surface area (Å²) in [6.07, 6.45) is 3.02. The lowest BCUT2D eigenvalue weighted by molar-refractivity contribution is 1.37. The van der Waals surface area contributed by atoms with Gasteiger partial charge in [-0.3, -0.25) is 4.99 Å². The standard InChI is InChI=1S/C46H34N2.C2H6/c1-31(33-13-5-3-6-14-33)41-25-26-43-42(36-17-7-4-8-18-36)27-28-44(40-24-22-35-16-10-12-20-39(35)30-40)48-46(43)45(41)47-32(2)37-23-21-34-15-9-11-19-38(34)29-37;1-2/h3-27,29-30H,1,28H2,2H3;1-2H3. The normalized spacial score (nSPS) is 12.7. The second-order valence-corrected chi connectivity index (χ2v) is 12.3. The molecule has 0 saturated carbocycles. The van der Waals surface area contributed by atoms with Crippen LogP contribution in [0.5, 0.6) is 0 Å². The summed E-state index contributed by atoms with van der Waals surface area (Å²) in [6.45, 7) is 10.7. The third-order valence-corrected chi connectivity index (χ3v) is 9.25. The van der Waals surface area contributed by atoms with Gasteiger partial charge in [0.1, 0.15) is 0 Å². The maximum Gasteiger partial charge on any atom is 0.0974 e. The molecule has 50 heavy (non-hydrogen) atoms. The highest BCUT2D eigenvalue weighted by molar-refractivity contribution is 6.11. The first kappa shape index (κ1) is 32.4. The van der Waals surface area contributed by atoms with Crippen molar-refractivity contribution in [2.45, 2.75) is 27.2 Å². The second-order valence-electron chi connectivity index (χ2n) is 12.3. The largest absolute Gasteiger partial charge is 0.250 e. The first-order chi connectivity index (χ1) is 24.6. The molecule has 0 bridgehead atoms. The average Bonchev–Trinajstić information content (AvgIpc) is 3.39. The van der Waals surface area contributed by atoms with Gasteiger partial charge in [0.05, 0.1) is 17.1 Å². The molecule has 242 valence electrons. The minimum Gasteiger partial charge on any atom is -0.250 e. The Morgan fingerprint density at radius 3 is 1.88 bits per heavy atom. The zero-order valence-electron chi connectivity index (χ0n) is 28.9. The fourth-order valence-electron chi connectivity index (χ4n) is 6.64. The van der Waals surface area contributed by atoms with Crippen LogP contribution in [0.3, 0.4) is 0 Å². The number of rotatable bonds is 6. The molecule has 2 heteroatoms. The number of benzene rings is 7. The van der Waals surface area contributed by atoms with Gasteiger partial charge in [0.2, 0.25) is 0 Å². The van der Waals surface area contributed by atoms with Crippen molar-refractivity contribution in [2.75, 3.05) is 0 Å². The zero-order valence-corrected chi connectivity index (χ0v) is 28.9. The fraction of sp³-hybridized carbons (Fsp3) is 0.0833. The maximum absolute atomic E-state index is 5.54. The van der Waals surface area contributed by atoms with Crippen molar-refractivity contribution in [1.29, 1.82) is 0 Å². The molecule has 0 aliphatic carbocycles. The molecular formula is C48H40N2. The Balaban J connectivity index is 0.00000193. The van der Waals surface area contributed by atoms with E-state index in [-0.39, 0.29) is 0 Å². The highest BCUT2D eigenvalue weighted by Gasteiger charge is 2.23. The van der Waals surface area contributed by atoms with Crippen LogP contribution >= 0.6 is 0 Å². The minimum absolute atomic E-state index is 0.693. The Morgan fingerprint density at radius 1 is 0.580 bits per heavy atom. The summed E-state index contributed by atoms with van der Waals surface area (Å²) in [4.78, 5) is 11.0. The van der Waals surface area contributed by atoms with Crippen LogP contribution in [-0.4, -0.2) is 11.4 Å². The van der Waals surface area contributed by atoms with Gasteiger partial charge in [0.25, 0.3) is 0 Å². The molecule has 1 aliphatic rings. The van der Waals surface area contributed by atoms with Crippen molar-refractivity contribution in [3.8, 4) is 0 Å². The van der Waals surface area contributed by atoms with E-state index >= 15 is 0 Å². The lowest BCUT2D eigenvalue weighted by atomic mass is 9.90. The van der Waals surface area contributed by atoms with E-state index in [1.54, 1.807) is 0 Å². The maximum atomic E-state index is 5.54. The number of fused-ring (bicyclic) bond motifs is 3. The van der Waals surface area contributed by atoms with Crippen molar-refractivity contribution in [3.63, 3.8) is 0 Å². The highest BCUT2D eigenvalue weighted by atomic mass is 14.9. The van der Waals surface area contributed by atoms with Crippen LogP contribution in [-0.2, 0) is 0 Å². The fourth-order valence-corrected chi connectivity index (χ4v) is 6.64. The van der Waals surface area contributed by atoms with Gasteiger partial charge < -0.3 is 0 Å². The monoisotopic (exact) mass is 644 g/mol. The molecule has 7 aromatic rings. The summed E-state index contributed by atoms with van der Waals surface area (Å²) in [5.74, 6) is 0. The third-order valence-electron chi connectivity index (χ3n) is 9.25. The van der Waals surface area contributed by atoms with Gasteiger partial charge in [-0.15, -0.1) is 0 Å². The van der Waals surface area contributed by atoms with Crippen molar-refractivity contribution >= 4 is 55.5 Å². The van der Waals surface area contributed by atoms with Crippen LogP contribution in [0.25, 0.3) is 32.7 Å². The van der Waals surface area contributed by atoms with Gasteiger partial charge >= 0.3 is 0 Å². The van der Waals surface area contributed by atoms with Gasteiger partial charge in [-0.25, -0.2) is 4.99 Å². The third kappa shape index (κ3) is 6.49. The van der Waals surface area contributed by atoms with Gasteiger partial charge in [-0.1, -0.05) is 172 Å². The molecule has 2 nitrogen and oxygen atoms in total. The molecule has 0 saturated heterocycles. The molecule has 0 radical (unpaired) electrons. The van der Waals surface area contributed by atoms with E-state index in [0.29, 0.717) is 6.42 Å². The minimum atomic E-state index is 0.693. The summed E-state index contributed by atoms with van der Waals surface area (Å²) in [6, 6.07) is 55.5. The van der Waals surface area contributed by atoms with E-state index in [1.807, 2.05) is 19.9 Å². The summed E-state index contributed by atoms with van der Waals surface area (Å²) in [5.41, 5.74) is 12.1. The van der Waals surface area contributed by atoms with Crippen LogP contribution in [0.4, 0.5) is 11.4 Å². The SMILES string of the molecule is C=C(c1ccccc1)c1ccc2c(c1N=C(C)c1ccc3ccccc3c1)N=C(c1ccc3ccccc3c1)CC=C2c1ccccc1.CC. The van der Waals surface area contributed by atoms with E-state index in [1.165, 1.54) is 21.5 Å². The number of hydrogen-bond donors (Lipinski definition) is 0. The Morgan fingerprint density at radius 2 is 1.18 bits per heavy atom. The highest BCUT2D eigenvalue weighted by Crippen LogP contribution is 2.46. The summed E-state index contributed by atoms with van der Waals surface area (Å²) in [5, 5.41) is 4.82. The molecule has 0 aromatic heterocycles. The van der Waals surface area contributed by atoms with E-state index in [2.05, 4.69) is 171 Å². The lowest BCUT2D eigenvalue weighted by Crippen LogP contribution is -1.99. The molecule has 0 N–H and O–H groups in total. The quantitative estimate of drug-likeness (QED) is 0.161. The summed E-state index contributed by atoms with van der Waals surface area (Å²) >= 11 is 0. The summed E-state index contributed by atoms with van der Waals surface area (Å²) < 4.78 is 0. The molecule has 1 aliphatic heterocycles. The molecule has 7 aromatic carbocycles. The second kappa shape index (κ2) is 14.6. The molecule has 0 unspecified atom stereocenters. The molecule has 0 atom stereocenters. The van der Waals surface area contributed by atoms with Crippen LogP contribution in [0.2, 0.25) is 0 Å². The van der Waals surface area contributed by atoms with Crippen molar-refractivity contribution in [2.24, 2.45) is 9.98 Å². The molecule has 1 heterocycles. The zero-order chi connectivity index (χ0) is 34.5. The number of hydrogen-bond acceptors (Lipinski definition) is 2. The first-order valence-electron chi connectivity index (χ1n) is 17.4. The summed E-state index contributed by atoms with van der Waals surface area (Å²) in [7, 11) is 0. The van der Waals surface area contributed by atoms with Crippen LogP contribution in [0.1, 0.15) is 60.6 Å². The van der Waals surface area contributed by atoms with Crippen LogP contribution in [0.15, 0.2) is 180 Å². The Labute approximate surface area is 295 Å². The number of aliphatic imine (C=N–C) groups is 2. The van der Waals surface area contributed by atoms with Gasteiger partial charge in [-0.2, -0.15) is 0 Å². The van der Waals surface area contributed by atoms with Crippen molar-refractivity contribution in [3.05, 3.63) is 204 Å². The van der Waals surface area contributed by atoms with E-state index < -0.39 is 0 Å². The molecule has 0 fully saturated rings. The van der Waals surface area contributed by atoms with Crippen LogP contribution in [0, 0.1) is 0 Å². The lowest BCUT2D eigenvalue weighted by Gasteiger charge is -2.18. The van der Waals surface area contributed by atoms with Gasteiger partial charge in [-0.05, 0) is 74.0 Å². The Hall–Kier alpha value is -6.12. The average molecular weight is 645 g/mol. The van der Waals surface area contributed by atoms with E-state index in [9.17, 15) is 0 Å². The smallest absolute Gasteiger partial charge is 0.0974 e. The van der Waals surface area contributed by atoms with Crippen molar-refractivity contribution in [1.82, 2.24) is 0 Å². The van der Waals surface area contributed by atoms with Crippen molar-refractivity contribution < 1.29 is 0 Å².